The molecule has 1 aliphatic carbocycles. The molecular weight excluding hydrogens is 176 g/mol. The number of hydrogen-bond donors (Lipinski definition) is 0. The zero-order valence-electron chi connectivity index (χ0n) is 9.21. The quantitative estimate of drug-likeness (QED) is 0.463. The molecule has 1 fully saturated rings. The van der Waals surface area contributed by atoms with Crippen LogP contribution in [0.2, 0.25) is 0 Å². The Hall–Kier alpha value is -0.660. The zero-order valence-corrected chi connectivity index (χ0v) is 9.21. The summed E-state index contributed by atoms with van der Waals surface area (Å²) in [5, 5.41) is 0. The second-order valence-electron chi connectivity index (χ2n) is 4.32. The Balaban J connectivity index is 2.24. The highest BCUT2D eigenvalue weighted by Gasteiger charge is 2.35. The molecule has 0 aromatic rings. The van der Waals surface area contributed by atoms with E-state index in [0.29, 0.717) is 6.42 Å². The van der Waals surface area contributed by atoms with Crippen LogP contribution >= 0.6 is 0 Å². The third-order valence-corrected chi connectivity index (χ3v) is 2.92. The van der Waals surface area contributed by atoms with Crippen molar-refractivity contribution in [1.29, 1.82) is 0 Å². The van der Waals surface area contributed by atoms with Gasteiger partial charge in [-0.2, -0.15) is 0 Å². The van der Waals surface area contributed by atoms with Gasteiger partial charge in [0.1, 0.15) is 11.6 Å². The van der Waals surface area contributed by atoms with E-state index in [1.165, 1.54) is 0 Å². The predicted molar refractivity (Wildman–Crippen MR) is 56.0 cm³/mol. The van der Waals surface area contributed by atoms with E-state index in [0.717, 1.165) is 32.1 Å². The van der Waals surface area contributed by atoms with Crippen LogP contribution < -0.4 is 0 Å². The van der Waals surface area contributed by atoms with Crippen LogP contribution in [0.5, 0.6) is 0 Å². The lowest BCUT2D eigenvalue weighted by Crippen LogP contribution is -2.22. The molecule has 0 radical (unpaired) electrons. The maximum atomic E-state index is 11.6. The molecule has 0 saturated heterocycles. The first-order valence-electron chi connectivity index (χ1n) is 5.73. The average Bonchev–Trinajstić information content (AvgIpc) is 2.99. The molecule has 0 amide bonds. The van der Waals surface area contributed by atoms with E-state index in [1.807, 2.05) is 0 Å². The van der Waals surface area contributed by atoms with Crippen LogP contribution in [0, 0.1) is 11.8 Å². The normalized spacial score (nSPS) is 17.9. The van der Waals surface area contributed by atoms with Crippen LogP contribution in [0.4, 0.5) is 0 Å². The van der Waals surface area contributed by atoms with Crippen molar-refractivity contribution in [1.82, 2.24) is 0 Å². The molecule has 0 aromatic heterocycles. The van der Waals surface area contributed by atoms with E-state index >= 15 is 0 Å². The number of unbranched alkanes of at least 4 members (excludes halogenated alkanes) is 2. The van der Waals surface area contributed by atoms with Crippen molar-refractivity contribution in [2.24, 2.45) is 11.8 Å². The van der Waals surface area contributed by atoms with Crippen LogP contribution in [-0.2, 0) is 9.59 Å². The Morgan fingerprint density at radius 2 is 1.93 bits per heavy atom. The van der Waals surface area contributed by atoms with Gasteiger partial charge in [0.2, 0.25) is 0 Å². The lowest BCUT2D eigenvalue weighted by Gasteiger charge is -2.07. The maximum Gasteiger partial charge on any atom is 0.146 e. The molecule has 0 aliphatic heterocycles. The van der Waals surface area contributed by atoms with Crippen molar-refractivity contribution in [3.8, 4) is 0 Å². The van der Waals surface area contributed by atoms with Gasteiger partial charge in [-0.15, -0.1) is 0 Å². The van der Waals surface area contributed by atoms with Gasteiger partial charge in [-0.05, 0) is 26.2 Å². The lowest BCUT2D eigenvalue weighted by molar-refractivity contribution is -0.132. The summed E-state index contributed by atoms with van der Waals surface area (Å²) in [5.74, 6) is 0.223. The summed E-state index contributed by atoms with van der Waals surface area (Å²) in [5.41, 5.74) is 0. The highest BCUT2D eigenvalue weighted by molar-refractivity contribution is 6.03. The van der Waals surface area contributed by atoms with Crippen molar-refractivity contribution >= 4 is 11.6 Å². The largest absolute Gasteiger partial charge is 0.299 e. The highest BCUT2D eigenvalue weighted by Crippen LogP contribution is 2.32. The molecule has 0 N–H and O–H groups in total. The number of Topliss-reactive ketones (excluding diaryl/α,β-unsaturated/α-hetero) is 2. The molecule has 80 valence electrons. The monoisotopic (exact) mass is 196 g/mol. The molecule has 1 rings (SSSR count). The second kappa shape index (κ2) is 5.28. The molecule has 1 saturated carbocycles. The van der Waals surface area contributed by atoms with Gasteiger partial charge in [0, 0.05) is 12.3 Å². The van der Waals surface area contributed by atoms with E-state index in [-0.39, 0.29) is 23.4 Å². The Kier molecular flexibility index (Phi) is 4.30. The molecule has 14 heavy (non-hydrogen) atoms. The van der Waals surface area contributed by atoms with Crippen molar-refractivity contribution in [2.75, 3.05) is 0 Å². The topological polar surface area (TPSA) is 34.1 Å². The molecule has 1 unspecified atom stereocenters. The SMILES string of the molecule is CCCCCC(=O)C(C)C(=O)C1CC1. The minimum Gasteiger partial charge on any atom is -0.299 e. The van der Waals surface area contributed by atoms with E-state index in [2.05, 4.69) is 6.92 Å². The molecule has 0 spiro atoms. The first kappa shape index (κ1) is 11.4. The van der Waals surface area contributed by atoms with Gasteiger partial charge in [-0.3, -0.25) is 9.59 Å². The fourth-order valence-electron chi connectivity index (χ4n) is 1.65. The summed E-state index contributed by atoms with van der Waals surface area (Å²) >= 11 is 0. The van der Waals surface area contributed by atoms with Crippen LogP contribution in [0.1, 0.15) is 52.4 Å². The Morgan fingerprint density at radius 3 is 2.43 bits per heavy atom. The van der Waals surface area contributed by atoms with Crippen LogP contribution in [0.15, 0.2) is 0 Å². The van der Waals surface area contributed by atoms with E-state index in [1.54, 1.807) is 6.92 Å². The first-order valence-corrected chi connectivity index (χ1v) is 5.73. The van der Waals surface area contributed by atoms with Gasteiger partial charge in [-0.1, -0.05) is 19.8 Å². The zero-order chi connectivity index (χ0) is 10.6. The third kappa shape index (κ3) is 3.24. The van der Waals surface area contributed by atoms with E-state index in [4.69, 9.17) is 0 Å². The standard InChI is InChI=1S/C12H20O2/c1-3-4-5-6-11(13)9(2)12(14)10-7-8-10/h9-10H,3-8H2,1-2H3. The molecule has 0 heterocycles. The van der Waals surface area contributed by atoms with Gasteiger partial charge in [0.15, 0.2) is 0 Å². The summed E-state index contributed by atoms with van der Waals surface area (Å²) in [4.78, 5) is 23.1. The molecule has 2 nitrogen and oxygen atoms in total. The molecule has 1 atom stereocenters. The number of carbonyl (C=O) groups is 2. The van der Waals surface area contributed by atoms with Gasteiger partial charge >= 0.3 is 0 Å². The molecule has 0 bridgehead atoms. The summed E-state index contributed by atoms with van der Waals surface area (Å²) in [7, 11) is 0. The minimum atomic E-state index is -0.334. The van der Waals surface area contributed by atoms with E-state index < -0.39 is 0 Å². The fourth-order valence-corrected chi connectivity index (χ4v) is 1.65. The first-order chi connectivity index (χ1) is 6.66. The summed E-state index contributed by atoms with van der Waals surface area (Å²) in [6.07, 6.45) is 5.76. The second-order valence-corrected chi connectivity index (χ2v) is 4.32. The van der Waals surface area contributed by atoms with Crippen molar-refractivity contribution in [3.05, 3.63) is 0 Å². The minimum absolute atomic E-state index is 0.148. The fraction of sp³-hybridized carbons (Fsp3) is 0.833. The Bertz CT molecular complexity index is 216. The summed E-state index contributed by atoms with van der Waals surface area (Å²) in [6, 6.07) is 0. The van der Waals surface area contributed by atoms with Crippen molar-refractivity contribution in [2.45, 2.75) is 52.4 Å². The Labute approximate surface area is 86.1 Å². The number of hydrogen-bond acceptors (Lipinski definition) is 2. The van der Waals surface area contributed by atoms with E-state index in [9.17, 15) is 9.59 Å². The smallest absolute Gasteiger partial charge is 0.146 e. The van der Waals surface area contributed by atoms with Gasteiger partial charge in [0.25, 0.3) is 0 Å². The third-order valence-electron chi connectivity index (χ3n) is 2.92. The van der Waals surface area contributed by atoms with Crippen LogP contribution in [0.25, 0.3) is 0 Å². The van der Waals surface area contributed by atoms with Gasteiger partial charge in [-0.25, -0.2) is 0 Å². The predicted octanol–water partition coefficient (Wildman–Crippen LogP) is 2.75. The summed E-state index contributed by atoms with van der Waals surface area (Å²) in [6.45, 7) is 3.89. The molecule has 1 aliphatic rings. The van der Waals surface area contributed by atoms with Crippen LogP contribution in [-0.4, -0.2) is 11.6 Å². The Morgan fingerprint density at radius 1 is 1.29 bits per heavy atom. The van der Waals surface area contributed by atoms with Crippen molar-refractivity contribution < 1.29 is 9.59 Å². The number of ketones is 2. The van der Waals surface area contributed by atoms with Crippen LogP contribution in [0.3, 0.4) is 0 Å². The molecule has 2 heteroatoms. The van der Waals surface area contributed by atoms with Gasteiger partial charge < -0.3 is 0 Å². The molecular formula is C12H20O2. The van der Waals surface area contributed by atoms with Gasteiger partial charge in [0.05, 0.1) is 5.92 Å². The van der Waals surface area contributed by atoms with Crippen molar-refractivity contribution in [3.63, 3.8) is 0 Å². The number of carbonyl (C=O) groups excluding carboxylic acids is 2. The highest BCUT2D eigenvalue weighted by atomic mass is 16.2. The average molecular weight is 196 g/mol. The number of rotatable bonds is 7. The molecule has 0 aromatic carbocycles. The maximum absolute atomic E-state index is 11.6. The lowest BCUT2D eigenvalue weighted by atomic mass is 9.94. The summed E-state index contributed by atoms with van der Waals surface area (Å²) < 4.78 is 0.